The zero-order chi connectivity index (χ0) is 28.9. The summed E-state index contributed by atoms with van der Waals surface area (Å²) in [7, 11) is 2.00. The number of nitrogens with zero attached hydrogens (tertiary/aromatic N) is 4. The number of halogens is 4. The summed E-state index contributed by atoms with van der Waals surface area (Å²) in [5.41, 5.74) is -0.0713. The van der Waals surface area contributed by atoms with E-state index in [2.05, 4.69) is 37.4 Å². The van der Waals surface area contributed by atoms with Gasteiger partial charge in [0.25, 0.3) is 5.91 Å². The molecule has 13 heteroatoms. The van der Waals surface area contributed by atoms with Crippen molar-refractivity contribution in [1.82, 2.24) is 25.1 Å². The number of alkyl halides is 4. The number of carbonyl (C=O) groups excluding carboxylic acids is 2. The standard InChI is InChI=1S/C27H33F4N7O2/c1-3-18(28)15-32-24(39)20-5-4-6-22(20)35-23-21(27(29,30)31)16-33-26(36-23)34-19-9-7-17(8-10-19)25(40)38-13-11-37(2)12-14-38/h3,7-10,16,18,20,22H,1,4-6,11-15H2,2H3,(H,32,39)(H2,33,34,35,36)/t18?,20-,22+/m0/s1. The number of aromatic nitrogens is 2. The van der Waals surface area contributed by atoms with E-state index >= 15 is 0 Å². The predicted octanol–water partition coefficient (Wildman–Crippen LogP) is 3.85. The molecule has 1 aliphatic heterocycles. The number of anilines is 3. The number of hydrogen-bond acceptors (Lipinski definition) is 7. The van der Waals surface area contributed by atoms with Crippen molar-refractivity contribution in [3.63, 3.8) is 0 Å². The Morgan fingerprint density at radius 1 is 1.15 bits per heavy atom. The maximum atomic E-state index is 13.8. The highest BCUT2D eigenvalue weighted by atomic mass is 19.4. The minimum absolute atomic E-state index is 0.0844. The molecule has 0 bridgehead atoms. The number of likely N-dealkylation sites (N-methyl/N-ethyl adjacent to an activating group) is 1. The molecule has 1 saturated heterocycles. The molecule has 0 radical (unpaired) electrons. The number of piperazine rings is 1. The van der Waals surface area contributed by atoms with Crippen LogP contribution in [0, 0.1) is 5.92 Å². The molecular weight excluding hydrogens is 530 g/mol. The molecule has 2 amide bonds. The third kappa shape index (κ3) is 7.26. The summed E-state index contributed by atoms with van der Waals surface area (Å²) >= 11 is 0. The van der Waals surface area contributed by atoms with Gasteiger partial charge in [-0.3, -0.25) is 9.59 Å². The van der Waals surface area contributed by atoms with E-state index in [0.717, 1.165) is 19.2 Å². The fourth-order valence-electron chi connectivity index (χ4n) is 4.81. The molecule has 0 spiro atoms. The minimum Gasteiger partial charge on any atom is -0.366 e. The SMILES string of the molecule is C=CC(F)CNC(=O)[C@H]1CCC[C@H]1Nc1nc(Nc2ccc(C(=O)N3CCN(C)CC3)cc2)ncc1C(F)(F)F. The largest absolute Gasteiger partial charge is 0.421 e. The highest BCUT2D eigenvalue weighted by Gasteiger charge is 2.39. The zero-order valence-corrected chi connectivity index (χ0v) is 22.2. The van der Waals surface area contributed by atoms with E-state index < -0.39 is 41.6 Å². The number of nitrogens with one attached hydrogen (secondary N) is 3. The Labute approximate surface area is 230 Å². The van der Waals surface area contributed by atoms with E-state index in [0.29, 0.717) is 49.8 Å². The van der Waals surface area contributed by atoms with Gasteiger partial charge in [0, 0.05) is 49.7 Å². The maximum absolute atomic E-state index is 13.8. The van der Waals surface area contributed by atoms with Crippen molar-refractivity contribution in [3.05, 3.63) is 54.2 Å². The lowest BCUT2D eigenvalue weighted by Gasteiger charge is -2.32. The van der Waals surface area contributed by atoms with Crippen molar-refractivity contribution in [2.75, 3.05) is 50.4 Å². The van der Waals surface area contributed by atoms with Crippen LogP contribution in [0.2, 0.25) is 0 Å². The average Bonchev–Trinajstić information content (AvgIpc) is 3.39. The summed E-state index contributed by atoms with van der Waals surface area (Å²) in [5, 5.41) is 8.17. The first-order valence-electron chi connectivity index (χ1n) is 13.1. The van der Waals surface area contributed by atoms with Crippen molar-refractivity contribution in [3.8, 4) is 0 Å². The molecule has 216 valence electrons. The molecule has 40 heavy (non-hydrogen) atoms. The lowest BCUT2D eigenvalue weighted by Crippen LogP contribution is -2.47. The quantitative estimate of drug-likeness (QED) is 0.315. The lowest BCUT2D eigenvalue weighted by atomic mass is 10.0. The number of amides is 2. The monoisotopic (exact) mass is 563 g/mol. The smallest absolute Gasteiger partial charge is 0.366 e. The van der Waals surface area contributed by atoms with E-state index in [1.807, 2.05) is 7.05 Å². The molecular formula is C27H33F4N7O2. The van der Waals surface area contributed by atoms with Gasteiger partial charge in [-0.2, -0.15) is 18.2 Å². The molecule has 1 aromatic carbocycles. The summed E-state index contributed by atoms with van der Waals surface area (Å²) in [4.78, 5) is 37.2. The molecule has 4 rings (SSSR count). The molecule has 3 N–H and O–H groups in total. The third-order valence-electron chi connectivity index (χ3n) is 7.17. The van der Waals surface area contributed by atoms with Crippen LogP contribution in [-0.2, 0) is 11.0 Å². The molecule has 2 aromatic rings. The minimum atomic E-state index is -4.73. The summed E-state index contributed by atoms with van der Waals surface area (Å²) in [6.07, 6.45) is -2.88. The Kier molecular flexibility index (Phi) is 9.23. The van der Waals surface area contributed by atoms with Crippen LogP contribution in [-0.4, -0.2) is 83.6 Å². The first-order chi connectivity index (χ1) is 19.0. The first-order valence-corrected chi connectivity index (χ1v) is 13.1. The van der Waals surface area contributed by atoms with Gasteiger partial charge in [-0.25, -0.2) is 9.37 Å². The van der Waals surface area contributed by atoms with Crippen molar-refractivity contribution in [2.45, 2.75) is 37.7 Å². The van der Waals surface area contributed by atoms with E-state index in [1.165, 1.54) is 0 Å². The van der Waals surface area contributed by atoms with Gasteiger partial charge in [0.2, 0.25) is 11.9 Å². The highest BCUT2D eigenvalue weighted by Crippen LogP contribution is 2.36. The fraction of sp³-hybridized carbons (Fsp3) is 0.481. The third-order valence-corrected chi connectivity index (χ3v) is 7.17. The van der Waals surface area contributed by atoms with Gasteiger partial charge < -0.3 is 25.8 Å². The van der Waals surface area contributed by atoms with Gasteiger partial charge in [0.05, 0.1) is 12.5 Å². The van der Waals surface area contributed by atoms with Crippen molar-refractivity contribution < 1.29 is 27.2 Å². The van der Waals surface area contributed by atoms with Crippen LogP contribution in [0.3, 0.4) is 0 Å². The first kappa shape index (κ1) is 29.2. The lowest BCUT2D eigenvalue weighted by molar-refractivity contribution is -0.137. The topological polar surface area (TPSA) is 102 Å². The van der Waals surface area contributed by atoms with Gasteiger partial charge >= 0.3 is 6.18 Å². The summed E-state index contributed by atoms with van der Waals surface area (Å²) in [6, 6.07) is 5.93. The number of carbonyl (C=O) groups is 2. The summed E-state index contributed by atoms with van der Waals surface area (Å²) in [6.45, 7) is 5.95. The second-order valence-corrected chi connectivity index (χ2v) is 10.0. The normalized spacial score (nSPS) is 20.6. The predicted molar refractivity (Wildman–Crippen MR) is 143 cm³/mol. The number of benzene rings is 1. The fourth-order valence-corrected chi connectivity index (χ4v) is 4.81. The van der Waals surface area contributed by atoms with Crippen molar-refractivity contribution in [2.24, 2.45) is 5.92 Å². The zero-order valence-electron chi connectivity index (χ0n) is 22.2. The Morgan fingerprint density at radius 2 is 1.85 bits per heavy atom. The molecule has 3 atom stereocenters. The van der Waals surface area contributed by atoms with E-state index in [1.54, 1.807) is 29.2 Å². The second-order valence-electron chi connectivity index (χ2n) is 10.0. The highest BCUT2D eigenvalue weighted by molar-refractivity contribution is 5.94. The molecule has 1 saturated carbocycles. The van der Waals surface area contributed by atoms with Gasteiger partial charge in [0.15, 0.2) is 0 Å². The number of rotatable bonds is 9. The van der Waals surface area contributed by atoms with E-state index in [4.69, 9.17) is 0 Å². The number of hydrogen-bond donors (Lipinski definition) is 3. The van der Waals surface area contributed by atoms with Crippen LogP contribution in [0.15, 0.2) is 43.1 Å². The Hall–Kier alpha value is -3.74. The van der Waals surface area contributed by atoms with Crippen LogP contribution >= 0.6 is 0 Å². The Morgan fingerprint density at radius 3 is 2.50 bits per heavy atom. The van der Waals surface area contributed by atoms with Crippen molar-refractivity contribution in [1.29, 1.82) is 0 Å². The Balaban J connectivity index is 1.46. The maximum Gasteiger partial charge on any atom is 0.421 e. The molecule has 1 aromatic heterocycles. The van der Waals surface area contributed by atoms with Crippen molar-refractivity contribution >= 4 is 29.3 Å². The molecule has 1 unspecified atom stereocenters. The van der Waals surface area contributed by atoms with Crippen LogP contribution in [0.5, 0.6) is 0 Å². The summed E-state index contributed by atoms with van der Waals surface area (Å²) < 4.78 is 54.8. The molecule has 2 heterocycles. The van der Waals surface area contributed by atoms with E-state index in [9.17, 15) is 27.2 Å². The van der Waals surface area contributed by atoms with Crippen LogP contribution in [0.1, 0.15) is 35.2 Å². The molecule has 1 aliphatic carbocycles. The van der Waals surface area contributed by atoms with Gasteiger partial charge in [-0.15, -0.1) is 6.58 Å². The second kappa shape index (κ2) is 12.6. The van der Waals surface area contributed by atoms with E-state index in [-0.39, 0.29) is 18.4 Å². The molecule has 2 aliphatic rings. The molecule has 2 fully saturated rings. The summed E-state index contributed by atoms with van der Waals surface area (Å²) in [5.74, 6) is -1.70. The average molecular weight is 564 g/mol. The van der Waals surface area contributed by atoms with Gasteiger partial charge in [-0.05, 0) is 44.2 Å². The van der Waals surface area contributed by atoms with Crippen LogP contribution in [0.25, 0.3) is 0 Å². The van der Waals surface area contributed by atoms with Crippen LogP contribution < -0.4 is 16.0 Å². The Bertz CT molecular complexity index is 1200. The van der Waals surface area contributed by atoms with Gasteiger partial charge in [-0.1, -0.05) is 12.5 Å². The molecule has 9 nitrogen and oxygen atoms in total. The van der Waals surface area contributed by atoms with Crippen LogP contribution in [0.4, 0.5) is 35.0 Å². The van der Waals surface area contributed by atoms with Gasteiger partial charge in [0.1, 0.15) is 17.6 Å².